The van der Waals surface area contributed by atoms with Crippen LogP contribution < -0.4 is 5.32 Å². The highest BCUT2D eigenvalue weighted by Crippen LogP contribution is 2.24. The number of halogens is 1. The zero-order valence-electron chi connectivity index (χ0n) is 15.3. The van der Waals surface area contributed by atoms with E-state index in [4.69, 9.17) is 0 Å². The van der Waals surface area contributed by atoms with Gasteiger partial charge in [0.25, 0.3) is 0 Å². The predicted molar refractivity (Wildman–Crippen MR) is 102 cm³/mol. The Balaban J connectivity index is 1.63. The molecule has 0 unspecified atom stereocenters. The fourth-order valence-corrected chi connectivity index (χ4v) is 5.06. The summed E-state index contributed by atoms with van der Waals surface area (Å²) >= 11 is 3.44. The number of nitrogens with one attached hydrogen (secondary N) is 1. The molecule has 0 aromatic carbocycles. The van der Waals surface area contributed by atoms with Crippen LogP contribution in [-0.2, 0) is 35.0 Å². The molecule has 3 heterocycles. The summed E-state index contributed by atoms with van der Waals surface area (Å²) in [5.74, 6) is -0.531. The smallest absolute Gasteiger partial charge is 0.246 e. The number of hydrogen-bond acceptors (Lipinski definition) is 5. The van der Waals surface area contributed by atoms with E-state index >= 15 is 0 Å². The third-order valence-electron chi connectivity index (χ3n) is 4.62. The number of carbonyl (C=O) groups excluding carboxylic acids is 1. The van der Waals surface area contributed by atoms with Crippen LogP contribution >= 0.6 is 15.9 Å². The molecule has 1 amide bonds. The summed E-state index contributed by atoms with van der Waals surface area (Å²) in [6.45, 7) is 3.62. The van der Waals surface area contributed by atoms with Gasteiger partial charge in [0.1, 0.15) is 4.90 Å². The topological polar surface area (TPSA) is 102 Å². The summed E-state index contributed by atoms with van der Waals surface area (Å²) in [5, 5.41) is 11.2. The summed E-state index contributed by atoms with van der Waals surface area (Å²) in [6.07, 6.45) is 5.98. The lowest BCUT2D eigenvalue weighted by Crippen LogP contribution is -2.45. The number of nitrogens with zero attached hydrogens (tertiary/aromatic N) is 5. The Morgan fingerprint density at radius 2 is 2.19 bits per heavy atom. The minimum Gasteiger partial charge on any atom is -0.350 e. The lowest BCUT2D eigenvalue weighted by atomic mass is 9.99. The summed E-state index contributed by atoms with van der Waals surface area (Å²) in [4.78, 5) is 12.7. The van der Waals surface area contributed by atoms with Crippen molar-refractivity contribution in [3.63, 3.8) is 0 Å². The van der Waals surface area contributed by atoms with E-state index in [-0.39, 0.29) is 23.3 Å². The van der Waals surface area contributed by atoms with E-state index in [2.05, 4.69) is 31.4 Å². The van der Waals surface area contributed by atoms with Gasteiger partial charge in [-0.3, -0.25) is 14.2 Å². The van der Waals surface area contributed by atoms with Crippen LogP contribution in [0.3, 0.4) is 0 Å². The highest BCUT2D eigenvalue weighted by Gasteiger charge is 2.34. The first-order valence-electron chi connectivity index (χ1n) is 8.79. The van der Waals surface area contributed by atoms with Gasteiger partial charge in [-0.2, -0.15) is 14.5 Å². The van der Waals surface area contributed by atoms with Crippen molar-refractivity contribution in [1.29, 1.82) is 0 Å². The molecule has 0 radical (unpaired) electrons. The molecule has 1 saturated heterocycles. The third-order valence-corrected chi connectivity index (χ3v) is 7.10. The van der Waals surface area contributed by atoms with E-state index in [1.54, 1.807) is 11.7 Å². The van der Waals surface area contributed by atoms with Gasteiger partial charge in [0, 0.05) is 39.1 Å². The van der Waals surface area contributed by atoms with Crippen molar-refractivity contribution in [2.24, 2.45) is 13.0 Å². The zero-order chi connectivity index (χ0) is 19.6. The molecule has 3 rings (SSSR count). The first kappa shape index (κ1) is 20.0. The molecule has 11 heteroatoms. The molecule has 1 fully saturated rings. The van der Waals surface area contributed by atoms with E-state index in [1.165, 1.54) is 21.4 Å². The van der Waals surface area contributed by atoms with Crippen molar-refractivity contribution in [2.45, 2.75) is 37.8 Å². The zero-order valence-corrected chi connectivity index (χ0v) is 17.7. The number of amides is 1. The Morgan fingerprint density at radius 3 is 2.81 bits per heavy atom. The number of sulfonamides is 1. The summed E-state index contributed by atoms with van der Waals surface area (Å²) in [5.41, 5.74) is 0.751. The van der Waals surface area contributed by atoms with Gasteiger partial charge < -0.3 is 5.32 Å². The molecule has 2 aromatic rings. The van der Waals surface area contributed by atoms with E-state index in [1.807, 2.05) is 13.1 Å². The standard InChI is InChI=1S/C16H23BrN6O3S/c1-3-22-11-14(17)15(20-22)8-18-16(24)12-5-4-6-23(9-12)27(25,26)13-7-19-21(2)10-13/h7,10-12H,3-6,8-9H2,1-2H3,(H,18,24)/t12-/m0/s1. The Labute approximate surface area is 166 Å². The van der Waals surface area contributed by atoms with Gasteiger partial charge in [-0.05, 0) is 35.7 Å². The van der Waals surface area contributed by atoms with Crippen LogP contribution in [0.25, 0.3) is 0 Å². The predicted octanol–water partition coefficient (Wildman–Crippen LogP) is 1.12. The third kappa shape index (κ3) is 4.41. The molecule has 1 atom stereocenters. The summed E-state index contributed by atoms with van der Waals surface area (Å²) in [7, 11) is -1.96. The minimum absolute atomic E-state index is 0.153. The largest absolute Gasteiger partial charge is 0.350 e. The summed E-state index contributed by atoms with van der Waals surface area (Å²) < 4.78 is 31.0. The second-order valence-corrected chi connectivity index (χ2v) is 9.34. The van der Waals surface area contributed by atoms with E-state index in [0.29, 0.717) is 25.9 Å². The maximum absolute atomic E-state index is 12.8. The average Bonchev–Trinajstić information content (AvgIpc) is 3.25. The first-order chi connectivity index (χ1) is 12.8. The van der Waals surface area contributed by atoms with Crippen LogP contribution in [0.2, 0.25) is 0 Å². The van der Waals surface area contributed by atoms with E-state index in [9.17, 15) is 13.2 Å². The molecule has 0 spiro atoms. The molecule has 2 aromatic heterocycles. The SMILES string of the molecule is CCn1cc(Br)c(CNC(=O)[C@H]2CCCN(S(=O)(=O)c3cnn(C)c3)C2)n1. The highest BCUT2D eigenvalue weighted by atomic mass is 79.9. The van der Waals surface area contributed by atoms with Crippen LogP contribution in [-0.4, -0.2) is 51.3 Å². The molecule has 148 valence electrons. The van der Waals surface area contributed by atoms with Gasteiger partial charge in [0.15, 0.2) is 0 Å². The molecule has 0 bridgehead atoms. The van der Waals surface area contributed by atoms with Gasteiger partial charge in [-0.25, -0.2) is 8.42 Å². The molecular weight excluding hydrogens is 436 g/mol. The maximum atomic E-state index is 12.8. The van der Waals surface area contributed by atoms with Gasteiger partial charge >= 0.3 is 0 Å². The number of piperidine rings is 1. The van der Waals surface area contributed by atoms with Crippen molar-refractivity contribution in [2.75, 3.05) is 13.1 Å². The second-order valence-electron chi connectivity index (χ2n) is 6.55. The normalized spacial score (nSPS) is 18.6. The molecule has 9 nitrogen and oxygen atoms in total. The number of rotatable bonds is 6. The lowest BCUT2D eigenvalue weighted by Gasteiger charge is -2.30. The van der Waals surface area contributed by atoms with Gasteiger partial charge in [-0.1, -0.05) is 0 Å². The number of aromatic nitrogens is 4. The number of aryl methyl sites for hydroxylation is 2. The van der Waals surface area contributed by atoms with E-state index in [0.717, 1.165) is 16.7 Å². The molecule has 0 aliphatic carbocycles. The molecule has 1 N–H and O–H groups in total. The van der Waals surface area contributed by atoms with E-state index < -0.39 is 10.0 Å². The van der Waals surface area contributed by atoms with Crippen molar-refractivity contribution in [3.8, 4) is 0 Å². The fourth-order valence-electron chi connectivity index (χ4n) is 3.09. The molecule has 1 aliphatic heterocycles. The Bertz CT molecular complexity index is 922. The monoisotopic (exact) mass is 458 g/mol. The first-order valence-corrected chi connectivity index (χ1v) is 11.0. The van der Waals surface area contributed by atoms with Crippen LogP contribution in [0.4, 0.5) is 0 Å². The van der Waals surface area contributed by atoms with Crippen LogP contribution in [0.5, 0.6) is 0 Å². The van der Waals surface area contributed by atoms with Gasteiger partial charge in [0.2, 0.25) is 15.9 Å². The molecule has 0 saturated carbocycles. The van der Waals surface area contributed by atoms with Gasteiger partial charge in [-0.15, -0.1) is 0 Å². The van der Waals surface area contributed by atoms with Crippen molar-refractivity contribution >= 4 is 31.9 Å². The van der Waals surface area contributed by atoms with Crippen molar-refractivity contribution in [3.05, 3.63) is 28.8 Å². The minimum atomic E-state index is -3.63. The summed E-state index contributed by atoms with van der Waals surface area (Å²) in [6, 6.07) is 0. The lowest BCUT2D eigenvalue weighted by molar-refractivity contribution is -0.126. The molecular formula is C16H23BrN6O3S. The number of hydrogen-bond donors (Lipinski definition) is 1. The fraction of sp³-hybridized carbons (Fsp3) is 0.562. The highest BCUT2D eigenvalue weighted by molar-refractivity contribution is 9.10. The molecule has 1 aliphatic rings. The number of carbonyl (C=O) groups is 1. The maximum Gasteiger partial charge on any atom is 0.246 e. The Kier molecular flexibility index (Phi) is 6.02. The second kappa shape index (κ2) is 8.11. The molecule has 27 heavy (non-hydrogen) atoms. The van der Waals surface area contributed by atoms with Crippen molar-refractivity contribution < 1.29 is 13.2 Å². The quantitative estimate of drug-likeness (QED) is 0.698. The van der Waals surface area contributed by atoms with Crippen LogP contribution in [0.15, 0.2) is 28.0 Å². The Morgan fingerprint density at radius 1 is 1.41 bits per heavy atom. The van der Waals surface area contributed by atoms with Gasteiger partial charge in [0.05, 0.1) is 28.8 Å². The van der Waals surface area contributed by atoms with Crippen LogP contribution in [0.1, 0.15) is 25.5 Å². The average molecular weight is 459 g/mol. The Hall–Kier alpha value is -1.72. The van der Waals surface area contributed by atoms with Crippen LogP contribution in [0, 0.1) is 5.92 Å². The van der Waals surface area contributed by atoms with Crippen molar-refractivity contribution in [1.82, 2.24) is 29.2 Å².